The highest BCUT2D eigenvalue weighted by molar-refractivity contribution is 5.85. The molecule has 1 heterocycles. The number of hydrogen-bond donors (Lipinski definition) is 1. The Balaban J connectivity index is 0.00000161. The minimum Gasteiger partial charge on any atom is -0.342 e. The maximum Gasteiger partial charge on any atom is 0.222 e. The molecule has 0 spiro atoms. The van der Waals surface area contributed by atoms with Crippen LogP contribution in [0.2, 0.25) is 0 Å². The molecule has 2 saturated carbocycles. The zero-order valence-electron chi connectivity index (χ0n) is 13.1. The van der Waals surface area contributed by atoms with Crippen LogP contribution in [0.3, 0.4) is 0 Å². The first kappa shape index (κ1) is 17.1. The molecule has 4 heteroatoms. The number of carbonyl (C=O) groups excluding carboxylic acids is 1. The van der Waals surface area contributed by atoms with E-state index in [1.165, 1.54) is 51.4 Å². The summed E-state index contributed by atoms with van der Waals surface area (Å²) in [6.45, 7) is 1.93. The minimum absolute atomic E-state index is 0. The molecule has 3 rings (SSSR count). The lowest BCUT2D eigenvalue weighted by molar-refractivity contribution is -0.130. The van der Waals surface area contributed by atoms with Gasteiger partial charge in [0.05, 0.1) is 0 Å². The molecule has 0 aromatic carbocycles. The van der Waals surface area contributed by atoms with Crippen molar-refractivity contribution in [2.45, 2.75) is 70.3 Å². The van der Waals surface area contributed by atoms with Crippen molar-refractivity contribution in [3.8, 4) is 0 Å². The average molecular weight is 315 g/mol. The second-order valence-corrected chi connectivity index (χ2v) is 7.36. The van der Waals surface area contributed by atoms with Crippen molar-refractivity contribution >= 4 is 18.3 Å². The molecule has 1 saturated heterocycles. The maximum atomic E-state index is 12.3. The van der Waals surface area contributed by atoms with E-state index in [0.29, 0.717) is 23.8 Å². The van der Waals surface area contributed by atoms with Gasteiger partial charge in [-0.25, -0.2) is 0 Å². The normalized spacial score (nSPS) is 32.8. The van der Waals surface area contributed by atoms with Crippen LogP contribution in [0.15, 0.2) is 0 Å². The molecule has 2 N–H and O–H groups in total. The number of likely N-dealkylation sites (tertiary alicyclic amines) is 1. The van der Waals surface area contributed by atoms with Crippen LogP contribution in [0, 0.1) is 17.8 Å². The molecule has 2 aliphatic carbocycles. The Morgan fingerprint density at radius 3 is 2.52 bits per heavy atom. The van der Waals surface area contributed by atoms with E-state index < -0.39 is 0 Å². The fourth-order valence-electron chi connectivity index (χ4n) is 4.69. The Morgan fingerprint density at radius 2 is 1.81 bits per heavy atom. The second-order valence-electron chi connectivity index (χ2n) is 7.36. The highest BCUT2D eigenvalue weighted by Gasteiger charge is 2.42. The standard InChI is InChI=1S/C17H30N2O.ClH/c18-16-10-9-14-11-19(12-15(14)16)17(20)8-4-7-13-5-2-1-3-6-13;/h13-16H,1-12,18H2;1H. The van der Waals surface area contributed by atoms with Gasteiger partial charge in [-0.3, -0.25) is 4.79 Å². The molecule has 0 radical (unpaired) electrons. The van der Waals surface area contributed by atoms with E-state index in [9.17, 15) is 4.79 Å². The van der Waals surface area contributed by atoms with E-state index in [4.69, 9.17) is 5.73 Å². The van der Waals surface area contributed by atoms with Crippen LogP contribution in [-0.4, -0.2) is 29.9 Å². The molecule has 0 aromatic heterocycles. The third-order valence-corrected chi connectivity index (χ3v) is 5.99. The maximum absolute atomic E-state index is 12.3. The van der Waals surface area contributed by atoms with E-state index in [-0.39, 0.29) is 12.4 Å². The summed E-state index contributed by atoms with van der Waals surface area (Å²) < 4.78 is 0. The summed E-state index contributed by atoms with van der Waals surface area (Å²) >= 11 is 0. The number of nitrogens with two attached hydrogens (primary N) is 1. The first-order chi connectivity index (χ1) is 9.74. The number of carbonyl (C=O) groups is 1. The summed E-state index contributed by atoms with van der Waals surface area (Å²) in [5.74, 6) is 2.59. The largest absolute Gasteiger partial charge is 0.342 e. The van der Waals surface area contributed by atoms with Crippen LogP contribution >= 0.6 is 12.4 Å². The molecule has 3 aliphatic rings. The van der Waals surface area contributed by atoms with Crippen LogP contribution in [0.5, 0.6) is 0 Å². The lowest BCUT2D eigenvalue weighted by Gasteiger charge is -2.22. The van der Waals surface area contributed by atoms with Gasteiger partial charge in [-0.1, -0.05) is 32.1 Å². The molecule has 21 heavy (non-hydrogen) atoms. The van der Waals surface area contributed by atoms with Crippen LogP contribution < -0.4 is 5.73 Å². The lowest BCUT2D eigenvalue weighted by atomic mass is 9.86. The topological polar surface area (TPSA) is 46.3 Å². The minimum atomic E-state index is 0. The van der Waals surface area contributed by atoms with Crippen LogP contribution in [0.4, 0.5) is 0 Å². The molecular weight excluding hydrogens is 284 g/mol. The van der Waals surface area contributed by atoms with E-state index in [0.717, 1.165) is 31.8 Å². The van der Waals surface area contributed by atoms with Gasteiger partial charge >= 0.3 is 0 Å². The quantitative estimate of drug-likeness (QED) is 0.865. The van der Waals surface area contributed by atoms with Crippen molar-refractivity contribution in [2.24, 2.45) is 23.5 Å². The van der Waals surface area contributed by atoms with Crippen LogP contribution in [-0.2, 0) is 4.79 Å². The monoisotopic (exact) mass is 314 g/mol. The molecule has 3 unspecified atom stereocenters. The predicted molar refractivity (Wildman–Crippen MR) is 88.4 cm³/mol. The zero-order valence-corrected chi connectivity index (χ0v) is 14.0. The van der Waals surface area contributed by atoms with Crippen molar-refractivity contribution in [3.05, 3.63) is 0 Å². The predicted octanol–water partition coefficient (Wildman–Crippen LogP) is 3.35. The Hall–Kier alpha value is -0.280. The van der Waals surface area contributed by atoms with E-state index >= 15 is 0 Å². The number of hydrogen-bond acceptors (Lipinski definition) is 2. The van der Waals surface area contributed by atoms with Gasteiger partial charge in [0.25, 0.3) is 0 Å². The number of halogens is 1. The third kappa shape index (κ3) is 4.13. The molecule has 3 fully saturated rings. The molecule has 1 aliphatic heterocycles. The van der Waals surface area contributed by atoms with Gasteiger partial charge in [0.1, 0.15) is 0 Å². The Morgan fingerprint density at radius 1 is 1.05 bits per heavy atom. The average Bonchev–Trinajstić information content (AvgIpc) is 3.03. The van der Waals surface area contributed by atoms with Gasteiger partial charge in [-0.15, -0.1) is 12.4 Å². The van der Waals surface area contributed by atoms with Gasteiger partial charge in [0.15, 0.2) is 0 Å². The molecular formula is C17H31ClN2O. The first-order valence-electron chi connectivity index (χ1n) is 8.77. The highest BCUT2D eigenvalue weighted by Crippen LogP contribution is 2.37. The second kappa shape index (κ2) is 7.82. The SMILES string of the molecule is Cl.NC1CCC2CN(C(=O)CCCC3CCCCC3)CC12. The highest BCUT2D eigenvalue weighted by atomic mass is 35.5. The van der Waals surface area contributed by atoms with E-state index in [1.807, 2.05) is 0 Å². The van der Waals surface area contributed by atoms with Crippen molar-refractivity contribution in [3.63, 3.8) is 0 Å². The number of amides is 1. The van der Waals surface area contributed by atoms with Gasteiger partial charge in [0.2, 0.25) is 5.91 Å². The van der Waals surface area contributed by atoms with Crippen molar-refractivity contribution in [2.75, 3.05) is 13.1 Å². The Kier molecular flexibility index (Phi) is 6.36. The zero-order chi connectivity index (χ0) is 13.9. The third-order valence-electron chi connectivity index (χ3n) is 5.99. The number of fused-ring (bicyclic) bond motifs is 1. The number of nitrogens with zero attached hydrogens (tertiary/aromatic N) is 1. The lowest BCUT2D eigenvalue weighted by Crippen LogP contribution is -2.33. The molecule has 3 nitrogen and oxygen atoms in total. The van der Waals surface area contributed by atoms with Gasteiger partial charge < -0.3 is 10.6 Å². The molecule has 3 atom stereocenters. The Labute approximate surface area is 135 Å². The fourth-order valence-corrected chi connectivity index (χ4v) is 4.69. The summed E-state index contributed by atoms with van der Waals surface area (Å²) in [5, 5.41) is 0. The van der Waals surface area contributed by atoms with Crippen molar-refractivity contribution in [1.82, 2.24) is 4.90 Å². The summed E-state index contributed by atoms with van der Waals surface area (Å²) in [5.41, 5.74) is 6.14. The van der Waals surface area contributed by atoms with Gasteiger partial charge in [-0.2, -0.15) is 0 Å². The Bertz CT molecular complexity index is 344. The summed E-state index contributed by atoms with van der Waals surface area (Å²) in [6, 6.07) is 0.347. The molecule has 1 amide bonds. The molecule has 0 bridgehead atoms. The van der Waals surface area contributed by atoms with E-state index in [2.05, 4.69) is 4.90 Å². The van der Waals surface area contributed by atoms with Gasteiger partial charge in [-0.05, 0) is 43.4 Å². The van der Waals surface area contributed by atoms with Crippen LogP contribution in [0.1, 0.15) is 64.2 Å². The number of rotatable bonds is 4. The van der Waals surface area contributed by atoms with Gasteiger partial charge in [0, 0.05) is 25.6 Å². The van der Waals surface area contributed by atoms with Crippen LogP contribution in [0.25, 0.3) is 0 Å². The first-order valence-corrected chi connectivity index (χ1v) is 8.77. The summed E-state index contributed by atoms with van der Waals surface area (Å²) in [7, 11) is 0. The summed E-state index contributed by atoms with van der Waals surface area (Å²) in [4.78, 5) is 14.4. The van der Waals surface area contributed by atoms with Crippen molar-refractivity contribution in [1.29, 1.82) is 0 Å². The fraction of sp³-hybridized carbons (Fsp3) is 0.941. The smallest absolute Gasteiger partial charge is 0.222 e. The summed E-state index contributed by atoms with van der Waals surface area (Å²) in [6.07, 6.45) is 12.6. The van der Waals surface area contributed by atoms with Crippen molar-refractivity contribution < 1.29 is 4.79 Å². The van der Waals surface area contributed by atoms with E-state index in [1.54, 1.807) is 0 Å². The molecule has 122 valence electrons. The molecule has 0 aromatic rings.